The van der Waals surface area contributed by atoms with Gasteiger partial charge in [0.1, 0.15) is 11.6 Å². The first-order valence-corrected chi connectivity index (χ1v) is 5.47. The van der Waals surface area contributed by atoms with Gasteiger partial charge in [0.15, 0.2) is 0 Å². The summed E-state index contributed by atoms with van der Waals surface area (Å²) in [7, 11) is 0. The maximum atomic E-state index is 8.93. The summed E-state index contributed by atoms with van der Waals surface area (Å²) in [5.41, 5.74) is 9.72. The van der Waals surface area contributed by atoms with E-state index >= 15 is 0 Å². The molecule has 5 heteroatoms. The Morgan fingerprint density at radius 3 is 2.56 bits per heavy atom. The molecule has 0 atom stereocenters. The largest absolute Gasteiger partial charge is 0.397 e. The van der Waals surface area contributed by atoms with Crippen LogP contribution in [0.3, 0.4) is 0 Å². The van der Waals surface area contributed by atoms with Crippen LogP contribution in [0.5, 0.6) is 0 Å². The van der Waals surface area contributed by atoms with Crippen LogP contribution in [0.2, 0.25) is 0 Å². The quantitative estimate of drug-likeness (QED) is 0.750. The number of aromatic nitrogens is 2. The SMILES string of the molecule is Cc1nc2cc(C#N)c(N)c(Br)c2nc1C. The minimum atomic E-state index is 0.410. The monoisotopic (exact) mass is 276 g/mol. The zero-order valence-electron chi connectivity index (χ0n) is 8.87. The second kappa shape index (κ2) is 3.72. The molecule has 1 heterocycles. The molecule has 0 fully saturated rings. The predicted molar refractivity (Wildman–Crippen MR) is 65.8 cm³/mol. The molecule has 0 saturated heterocycles. The van der Waals surface area contributed by atoms with Gasteiger partial charge < -0.3 is 5.73 Å². The topological polar surface area (TPSA) is 75.6 Å². The van der Waals surface area contributed by atoms with Crippen molar-refractivity contribution in [3.8, 4) is 6.07 Å². The van der Waals surface area contributed by atoms with Crippen molar-refractivity contribution in [3.63, 3.8) is 0 Å². The molecule has 0 saturated carbocycles. The maximum Gasteiger partial charge on any atom is 0.105 e. The highest BCUT2D eigenvalue weighted by molar-refractivity contribution is 9.10. The summed E-state index contributed by atoms with van der Waals surface area (Å²) in [6.45, 7) is 3.78. The molecule has 0 radical (unpaired) electrons. The lowest BCUT2D eigenvalue weighted by molar-refractivity contribution is 1.10. The van der Waals surface area contributed by atoms with Crippen LogP contribution in [0, 0.1) is 25.2 Å². The smallest absolute Gasteiger partial charge is 0.105 e. The van der Waals surface area contributed by atoms with Crippen LogP contribution >= 0.6 is 15.9 Å². The Morgan fingerprint density at radius 1 is 1.31 bits per heavy atom. The zero-order chi connectivity index (χ0) is 11.9. The van der Waals surface area contributed by atoms with E-state index in [1.54, 1.807) is 6.07 Å². The van der Waals surface area contributed by atoms with Crippen molar-refractivity contribution in [1.82, 2.24) is 9.97 Å². The van der Waals surface area contributed by atoms with Crippen LogP contribution in [0.15, 0.2) is 10.5 Å². The van der Waals surface area contributed by atoms with E-state index < -0.39 is 0 Å². The molecule has 4 nitrogen and oxygen atoms in total. The van der Waals surface area contributed by atoms with Crippen molar-refractivity contribution in [2.24, 2.45) is 0 Å². The number of rotatable bonds is 0. The summed E-state index contributed by atoms with van der Waals surface area (Å²) in [6.07, 6.45) is 0. The number of benzene rings is 1. The van der Waals surface area contributed by atoms with Gasteiger partial charge in [-0.2, -0.15) is 5.26 Å². The van der Waals surface area contributed by atoms with Gasteiger partial charge in [0.25, 0.3) is 0 Å². The van der Waals surface area contributed by atoms with E-state index in [4.69, 9.17) is 11.0 Å². The Hall–Kier alpha value is -1.67. The third-order valence-electron chi connectivity index (χ3n) is 2.47. The molecule has 2 aromatic rings. The summed E-state index contributed by atoms with van der Waals surface area (Å²) in [4.78, 5) is 8.80. The third-order valence-corrected chi connectivity index (χ3v) is 3.27. The number of hydrogen-bond donors (Lipinski definition) is 1. The van der Waals surface area contributed by atoms with E-state index in [0.29, 0.717) is 26.8 Å². The number of hydrogen-bond acceptors (Lipinski definition) is 4. The van der Waals surface area contributed by atoms with Gasteiger partial charge in [-0.15, -0.1) is 0 Å². The van der Waals surface area contributed by atoms with E-state index in [1.165, 1.54) is 0 Å². The second-order valence-electron chi connectivity index (χ2n) is 3.53. The van der Waals surface area contributed by atoms with Crippen molar-refractivity contribution in [2.75, 3.05) is 5.73 Å². The van der Waals surface area contributed by atoms with E-state index in [9.17, 15) is 0 Å². The lowest BCUT2D eigenvalue weighted by atomic mass is 10.1. The van der Waals surface area contributed by atoms with Crippen LogP contribution < -0.4 is 5.73 Å². The van der Waals surface area contributed by atoms with Gasteiger partial charge in [0, 0.05) is 0 Å². The fraction of sp³-hybridized carbons (Fsp3) is 0.182. The van der Waals surface area contributed by atoms with Gasteiger partial charge in [-0.25, -0.2) is 9.97 Å². The molecule has 0 bridgehead atoms. The van der Waals surface area contributed by atoms with Crippen LogP contribution in [0.1, 0.15) is 17.0 Å². The van der Waals surface area contributed by atoms with E-state index in [2.05, 4.69) is 25.9 Å². The number of anilines is 1. The molecule has 1 aromatic heterocycles. The minimum Gasteiger partial charge on any atom is -0.397 e. The maximum absolute atomic E-state index is 8.93. The zero-order valence-corrected chi connectivity index (χ0v) is 10.5. The molecule has 0 amide bonds. The fourth-order valence-electron chi connectivity index (χ4n) is 1.44. The Balaban J connectivity index is 2.94. The first-order valence-electron chi connectivity index (χ1n) is 4.67. The van der Waals surface area contributed by atoms with Gasteiger partial charge in [-0.3, -0.25) is 0 Å². The number of nitrogens with zero attached hydrogens (tertiary/aromatic N) is 3. The molecular formula is C11H9BrN4. The highest BCUT2D eigenvalue weighted by Gasteiger charge is 2.12. The molecule has 0 unspecified atom stereocenters. The predicted octanol–water partition coefficient (Wildman–Crippen LogP) is 2.46. The summed E-state index contributed by atoms with van der Waals surface area (Å²) in [5, 5.41) is 8.93. The number of fused-ring (bicyclic) bond motifs is 1. The summed E-state index contributed by atoms with van der Waals surface area (Å²) < 4.78 is 0.636. The number of aryl methyl sites for hydroxylation is 2. The summed E-state index contributed by atoms with van der Waals surface area (Å²) >= 11 is 3.35. The molecule has 80 valence electrons. The van der Waals surface area contributed by atoms with Gasteiger partial charge in [0.05, 0.1) is 32.6 Å². The standard InChI is InChI=1S/C11H9BrN4/c1-5-6(2)16-11-8(15-5)3-7(4-13)10(14)9(11)12/h3H,14H2,1-2H3. The molecule has 16 heavy (non-hydrogen) atoms. The molecule has 2 rings (SSSR count). The molecular weight excluding hydrogens is 268 g/mol. The van der Waals surface area contributed by atoms with Crippen molar-refractivity contribution in [2.45, 2.75) is 13.8 Å². The molecule has 0 spiro atoms. The van der Waals surface area contributed by atoms with Crippen molar-refractivity contribution in [1.29, 1.82) is 5.26 Å². The highest BCUT2D eigenvalue weighted by Crippen LogP contribution is 2.30. The van der Waals surface area contributed by atoms with E-state index in [-0.39, 0.29) is 0 Å². The summed E-state index contributed by atoms with van der Waals surface area (Å²) in [6, 6.07) is 3.70. The van der Waals surface area contributed by atoms with Gasteiger partial charge in [-0.05, 0) is 35.8 Å². The Labute approximate surface area is 101 Å². The Morgan fingerprint density at radius 2 is 1.94 bits per heavy atom. The third kappa shape index (κ3) is 1.51. The van der Waals surface area contributed by atoms with Crippen LogP contribution in [0.4, 0.5) is 5.69 Å². The lowest BCUT2D eigenvalue weighted by Crippen LogP contribution is -1.99. The number of nitrogens with two attached hydrogens (primary N) is 1. The van der Waals surface area contributed by atoms with E-state index in [0.717, 1.165) is 11.4 Å². The first kappa shape index (κ1) is 10.8. The Bertz CT molecular complexity index is 628. The van der Waals surface area contributed by atoms with Crippen molar-refractivity contribution < 1.29 is 0 Å². The Kier molecular flexibility index (Phi) is 2.52. The molecule has 1 aromatic carbocycles. The van der Waals surface area contributed by atoms with Crippen molar-refractivity contribution in [3.05, 3.63) is 27.5 Å². The van der Waals surface area contributed by atoms with Crippen LogP contribution in [0.25, 0.3) is 11.0 Å². The van der Waals surface area contributed by atoms with Gasteiger partial charge >= 0.3 is 0 Å². The molecule has 2 N–H and O–H groups in total. The highest BCUT2D eigenvalue weighted by atomic mass is 79.9. The number of nitriles is 1. The minimum absolute atomic E-state index is 0.410. The molecule has 0 aliphatic rings. The van der Waals surface area contributed by atoms with E-state index in [1.807, 2.05) is 19.9 Å². The van der Waals surface area contributed by atoms with Crippen molar-refractivity contribution >= 4 is 32.7 Å². The second-order valence-corrected chi connectivity index (χ2v) is 4.32. The lowest BCUT2D eigenvalue weighted by Gasteiger charge is -2.07. The average molecular weight is 277 g/mol. The van der Waals surface area contributed by atoms with Crippen LogP contribution in [-0.2, 0) is 0 Å². The normalized spacial score (nSPS) is 10.4. The fourth-order valence-corrected chi connectivity index (χ4v) is 1.94. The number of halogens is 1. The van der Waals surface area contributed by atoms with Gasteiger partial charge in [0.2, 0.25) is 0 Å². The van der Waals surface area contributed by atoms with Gasteiger partial charge in [-0.1, -0.05) is 0 Å². The first-order chi connectivity index (χ1) is 7.54. The average Bonchev–Trinajstić information content (AvgIpc) is 2.26. The summed E-state index contributed by atoms with van der Waals surface area (Å²) in [5.74, 6) is 0. The number of nitrogen functional groups attached to an aromatic ring is 1. The molecule has 0 aliphatic heterocycles. The van der Waals surface area contributed by atoms with Crippen LogP contribution in [-0.4, -0.2) is 9.97 Å². The molecule has 0 aliphatic carbocycles.